The highest BCUT2D eigenvalue weighted by atomic mass is 16.4. The molecule has 4 heteroatoms. The standard InChI is InChI=1S/C5H10B2O2/c1-5(2,3-8-6)4-9-7/h3-4H2,1-2H3. The molecule has 0 aromatic rings. The van der Waals surface area contributed by atoms with E-state index >= 15 is 0 Å². The van der Waals surface area contributed by atoms with Crippen LogP contribution < -0.4 is 0 Å². The monoisotopic (exact) mass is 124 g/mol. The van der Waals surface area contributed by atoms with Gasteiger partial charge in [-0.05, 0) is 0 Å². The summed E-state index contributed by atoms with van der Waals surface area (Å²) < 4.78 is 8.85. The number of hydrogen-bond donors (Lipinski definition) is 0. The first-order valence-corrected chi connectivity index (χ1v) is 2.76. The van der Waals surface area contributed by atoms with E-state index in [1.807, 2.05) is 13.8 Å². The summed E-state index contributed by atoms with van der Waals surface area (Å²) in [5.74, 6) is 0. The Morgan fingerprint density at radius 1 is 1.11 bits per heavy atom. The van der Waals surface area contributed by atoms with Crippen molar-refractivity contribution in [3.63, 3.8) is 0 Å². The van der Waals surface area contributed by atoms with Crippen LogP contribution in [-0.4, -0.2) is 29.3 Å². The van der Waals surface area contributed by atoms with Crippen molar-refractivity contribution in [2.45, 2.75) is 13.8 Å². The molecule has 2 nitrogen and oxygen atoms in total. The van der Waals surface area contributed by atoms with Crippen LogP contribution >= 0.6 is 0 Å². The molecule has 48 valence electrons. The molecule has 0 heterocycles. The normalized spacial score (nSPS) is 11.8. The SMILES string of the molecule is [B]OCC(C)(C)CO[B]. The minimum Gasteiger partial charge on any atom is -0.447 e. The second-order valence-corrected chi connectivity index (χ2v) is 2.79. The maximum atomic E-state index is 4.85. The van der Waals surface area contributed by atoms with Crippen LogP contribution in [0, 0.1) is 5.41 Å². The molecule has 0 spiro atoms. The Bertz CT molecular complexity index is 67.4. The smallest absolute Gasteiger partial charge is 0.282 e. The molecule has 0 fully saturated rings. The molecule has 4 radical (unpaired) electrons. The molecule has 0 aromatic heterocycles. The molecule has 0 saturated heterocycles. The van der Waals surface area contributed by atoms with Crippen molar-refractivity contribution < 1.29 is 9.31 Å². The van der Waals surface area contributed by atoms with Crippen LogP contribution in [0.4, 0.5) is 0 Å². The zero-order valence-corrected chi connectivity index (χ0v) is 5.89. The number of rotatable bonds is 4. The van der Waals surface area contributed by atoms with Crippen molar-refractivity contribution in [2.75, 3.05) is 13.2 Å². The summed E-state index contributed by atoms with van der Waals surface area (Å²) >= 11 is 0. The average Bonchev–Trinajstić information content (AvgIpc) is 1.64. The summed E-state index contributed by atoms with van der Waals surface area (Å²) in [6.07, 6.45) is 0. The molecule has 0 aliphatic carbocycles. The van der Waals surface area contributed by atoms with Gasteiger partial charge in [-0.1, -0.05) is 13.8 Å². The number of hydrogen-bond acceptors (Lipinski definition) is 2. The van der Waals surface area contributed by atoms with Gasteiger partial charge in [0.2, 0.25) is 0 Å². The molecule has 0 aliphatic heterocycles. The fourth-order valence-electron chi connectivity index (χ4n) is 0.493. The maximum absolute atomic E-state index is 4.85. The predicted octanol–water partition coefficient (Wildman–Crippen LogP) is 0.213. The van der Waals surface area contributed by atoms with E-state index in [2.05, 4.69) is 9.31 Å². The predicted molar refractivity (Wildman–Crippen MR) is 37.2 cm³/mol. The first-order chi connectivity index (χ1) is 4.12. The molecule has 0 N–H and O–H groups in total. The van der Waals surface area contributed by atoms with E-state index in [4.69, 9.17) is 16.1 Å². The summed E-state index contributed by atoms with van der Waals surface area (Å²) in [7, 11) is 9.70. The molecule has 0 bridgehead atoms. The minimum absolute atomic E-state index is 0.0938. The van der Waals surface area contributed by atoms with Crippen LogP contribution in [0.25, 0.3) is 0 Å². The van der Waals surface area contributed by atoms with Gasteiger partial charge in [0.15, 0.2) is 0 Å². The van der Waals surface area contributed by atoms with Crippen molar-refractivity contribution in [2.24, 2.45) is 5.41 Å². The Labute approximate surface area is 58.8 Å². The van der Waals surface area contributed by atoms with Crippen LogP contribution in [0.5, 0.6) is 0 Å². The van der Waals surface area contributed by atoms with Gasteiger partial charge in [0, 0.05) is 18.6 Å². The van der Waals surface area contributed by atoms with E-state index in [0.29, 0.717) is 13.2 Å². The first kappa shape index (κ1) is 9.05. The van der Waals surface area contributed by atoms with Crippen molar-refractivity contribution >= 4 is 16.1 Å². The molecular weight excluding hydrogens is 114 g/mol. The van der Waals surface area contributed by atoms with E-state index in [9.17, 15) is 0 Å². The van der Waals surface area contributed by atoms with Gasteiger partial charge in [0.05, 0.1) is 0 Å². The first-order valence-electron chi connectivity index (χ1n) is 2.76. The summed E-state index contributed by atoms with van der Waals surface area (Å²) in [5, 5.41) is 0. The minimum atomic E-state index is -0.0938. The lowest BCUT2D eigenvalue weighted by Gasteiger charge is -2.22. The van der Waals surface area contributed by atoms with E-state index in [1.54, 1.807) is 0 Å². The summed E-state index contributed by atoms with van der Waals surface area (Å²) in [5.41, 5.74) is -0.0938. The van der Waals surface area contributed by atoms with Gasteiger partial charge in [-0.25, -0.2) is 0 Å². The fourth-order valence-corrected chi connectivity index (χ4v) is 0.493. The zero-order valence-electron chi connectivity index (χ0n) is 5.89. The second kappa shape index (κ2) is 3.96. The highest BCUT2D eigenvalue weighted by Gasteiger charge is 2.15. The van der Waals surface area contributed by atoms with Crippen molar-refractivity contribution in [1.82, 2.24) is 0 Å². The molecule has 0 rings (SSSR count). The molecular formula is C5H10B2O2. The largest absolute Gasteiger partial charge is 0.447 e. The van der Waals surface area contributed by atoms with Gasteiger partial charge in [-0.2, -0.15) is 0 Å². The molecule has 0 aliphatic rings. The highest BCUT2D eigenvalue weighted by molar-refractivity contribution is 5.98. The second-order valence-electron chi connectivity index (χ2n) is 2.79. The lowest BCUT2D eigenvalue weighted by Crippen LogP contribution is -2.24. The Hall–Kier alpha value is 0.0499. The lowest BCUT2D eigenvalue weighted by molar-refractivity contribution is 0.122. The van der Waals surface area contributed by atoms with Crippen LogP contribution in [-0.2, 0) is 9.31 Å². The highest BCUT2D eigenvalue weighted by Crippen LogP contribution is 2.13. The Balaban J connectivity index is 3.43. The molecule has 9 heavy (non-hydrogen) atoms. The van der Waals surface area contributed by atoms with Gasteiger partial charge in [-0.15, -0.1) is 0 Å². The van der Waals surface area contributed by atoms with Crippen LogP contribution in [0.15, 0.2) is 0 Å². The summed E-state index contributed by atoms with van der Waals surface area (Å²) in [6, 6.07) is 0. The molecule has 0 atom stereocenters. The van der Waals surface area contributed by atoms with E-state index in [1.165, 1.54) is 0 Å². The van der Waals surface area contributed by atoms with Crippen molar-refractivity contribution in [3.8, 4) is 0 Å². The topological polar surface area (TPSA) is 18.5 Å². The third-order valence-electron chi connectivity index (χ3n) is 0.948. The van der Waals surface area contributed by atoms with Gasteiger partial charge in [0.25, 0.3) is 16.1 Å². The van der Waals surface area contributed by atoms with E-state index < -0.39 is 0 Å². The quantitative estimate of drug-likeness (QED) is 0.498. The fraction of sp³-hybridized carbons (Fsp3) is 1.00. The molecule has 0 aromatic carbocycles. The van der Waals surface area contributed by atoms with Gasteiger partial charge >= 0.3 is 0 Å². The third kappa shape index (κ3) is 4.55. The van der Waals surface area contributed by atoms with E-state index in [0.717, 1.165) is 0 Å². The summed E-state index contributed by atoms with van der Waals surface area (Å²) in [4.78, 5) is 0. The Kier molecular flexibility index (Phi) is 3.98. The zero-order chi connectivity index (χ0) is 7.33. The van der Waals surface area contributed by atoms with Crippen LogP contribution in [0.3, 0.4) is 0 Å². The molecule has 0 unspecified atom stereocenters. The third-order valence-corrected chi connectivity index (χ3v) is 0.948. The van der Waals surface area contributed by atoms with Gasteiger partial charge in [-0.3, -0.25) is 0 Å². The molecule has 0 amide bonds. The van der Waals surface area contributed by atoms with Crippen LogP contribution in [0.1, 0.15) is 13.8 Å². The van der Waals surface area contributed by atoms with Crippen LogP contribution in [0.2, 0.25) is 0 Å². The Morgan fingerprint density at radius 2 is 1.44 bits per heavy atom. The average molecular weight is 124 g/mol. The molecule has 0 saturated carbocycles. The van der Waals surface area contributed by atoms with E-state index in [-0.39, 0.29) is 5.41 Å². The Morgan fingerprint density at radius 3 is 1.67 bits per heavy atom. The van der Waals surface area contributed by atoms with Crippen molar-refractivity contribution in [1.29, 1.82) is 0 Å². The van der Waals surface area contributed by atoms with Gasteiger partial charge in [0.1, 0.15) is 0 Å². The van der Waals surface area contributed by atoms with Crippen molar-refractivity contribution in [3.05, 3.63) is 0 Å². The maximum Gasteiger partial charge on any atom is 0.282 e. The summed E-state index contributed by atoms with van der Waals surface area (Å²) in [6.45, 7) is 4.80. The van der Waals surface area contributed by atoms with Gasteiger partial charge < -0.3 is 9.31 Å². The lowest BCUT2D eigenvalue weighted by atomic mass is 9.96.